The fourth-order valence-corrected chi connectivity index (χ4v) is 1.84. The predicted octanol–water partition coefficient (Wildman–Crippen LogP) is 2.26. The summed E-state index contributed by atoms with van der Waals surface area (Å²) in [4.78, 5) is 10.8. The van der Waals surface area contributed by atoms with E-state index >= 15 is 0 Å². The Balaban J connectivity index is 2.56. The van der Waals surface area contributed by atoms with Crippen LogP contribution in [0.3, 0.4) is 0 Å². The van der Waals surface area contributed by atoms with Crippen molar-refractivity contribution in [2.24, 2.45) is 0 Å². The maximum atomic E-state index is 13.1. The van der Waals surface area contributed by atoms with Crippen molar-refractivity contribution in [2.75, 3.05) is 14.2 Å². The number of carboxylic acid groups (broad SMARTS) is 1. The van der Waals surface area contributed by atoms with E-state index in [-0.39, 0.29) is 5.69 Å². The minimum Gasteiger partial charge on any atom is -0.493 e. The van der Waals surface area contributed by atoms with Gasteiger partial charge in [-0.3, -0.25) is 5.10 Å². The largest absolute Gasteiger partial charge is 0.493 e. The molecule has 0 aliphatic heterocycles. The zero-order valence-corrected chi connectivity index (χ0v) is 10.9. The molecule has 0 radical (unpaired) electrons. The number of nitrogens with zero attached hydrogens (tertiary/aromatic N) is 1. The summed E-state index contributed by atoms with van der Waals surface area (Å²) in [7, 11) is 2.92. The van der Waals surface area contributed by atoms with Gasteiger partial charge in [0, 0.05) is 5.56 Å². The first-order chi connectivity index (χ1) is 9.60. The first-order valence-corrected chi connectivity index (χ1v) is 5.70. The van der Waals surface area contributed by atoms with Crippen molar-refractivity contribution in [3.63, 3.8) is 0 Å². The van der Waals surface area contributed by atoms with Crippen LogP contribution in [0.4, 0.5) is 4.39 Å². The highest BCUT2D eigenvalue weighted by atomic mass is 19.1. The Morgan fingerprint density at radius 3 is 2.45 bits per heavy atom. The molecule has 7 heteroatoms. The lowest BCUT2D eigenvalue weighted by molar-refractivity contribution is 0.0690. The van der Waals surface area contributed by atoms with E-state index in [1.54, 1.807) is 6.07 Å². The molecule has 6 nitrogen and oxygen atoms in total. The average Bonchev–Trinajstić information content (AvgIpc) is 2.95. The van der Waals surface area contributed by atoms with E-state index < -0.39 is 12.6 Å². The highest BCUT2D eigenvalue weighted by molar-refractivity contribution is 5.87. The van der Waals surface area contributed by atoms with Crippen LogP contribution in [0.5, 0.6) is 11.5 Å². The van der Waals surface area contributed by atoms with Gasteiger partial charge in [-0.05, 0) is 23.8 Å². The SMILES string of the molecule is COc1cc(CF)c(-c2cc(C(=O)O)[nH]n2)cc1OC. The zero-order chi connectivity index (χ0) is 14.7. The third-order valence-electron chi connectivity index (χ3n) is 2.84. The van der Waals surface area contributed by atoms with E-state index in [9.17, 15) is 9.18 Å². The number of benzene rings is 1. The number of carbonyl (C=O) groups is 1. The number of halogens is 1. The lowest BCUT2D eigenvalue weighted by atomic mass is 10.0. The number of alkyl halides is 1. The van der Waals surface area contributed by atoms with Crippen LogP contribution in [0.25, 0.3) is 11.3 Å². The molecule has 1 aromatic carbocycles. The van der Waals surface area contributed by atoms with Crippen LogP contribution in [0.2, 0.25) is 0 Å². The summed E-state index contributed by atoms with van der Waals surface area (Å²) >= 11 is 0. The first-order valence-electron chi connectivity index (χ1n) is 5.70. The summed E-state index contributed by atoms with van der Waals surface area (Å²) in [6.45, 7) is -0.731. The average molecular weight is 280 g/mol. The molecule has 0 saturated heterocycles. The number of aromatic amines is 1. The second-order valence-electron chi connectivity index (χ2n) is 3.97. The molecule has 0 aliphatic rings. The van der Waals surface area contributed by atoms with Gasteiger partial charge in [-0.2, -0.15) is 5.10 Å². The van der Waals surface area contributed by atoms with Crippen molar-refractivity contribution in [2.45, 2.75) is 6.67 Å². The van der Waals surface area contributed by atoms with Gasteiger partial charge in [-0.15, -0.1) is 0 Å². The molecular weight excluding hydrogens is 267 g/mol. The quantitative estimate of drug-likeness (QED) is 0.877. The van der Waals surface area contributed by atoms with Gasteiger partial charge in [0.25, 0.3) is 0 Å². The number of ether oxygens (including phenoxy) is 2. The molecule has 0 atom stereocenters. The summed E-state index contributed by atoms with van der Waals surface area (Å²) < 4.78 is 23.4. The molecule has 2 rings (SSSR count). The molecule has 0 aliphatic carbocycles. The van der Waals surface area contributed by atoms with Crippen molar-refractivity contribution in [1.29, 1.82) is 0 Å². The molecule has 2 N–H and O–H groups in total. The second kappa shape index (κ2) is 5.60. The number of methoxy groups -OCH3 is 2. The van der Waals surface area contributed by atoms with Gasteiger partial charge < -0.3 is 14.6 Å². The summed E-state index contributed by atoms with van der Waals surface area (Å²) in [5, 5.41) is 15.1. The number of hydrogen-bond donors (Lipinski definition) is 2. The molecule has 1 heterocycles. The van der Waals surface area contributed by atoms with E-state index in [1.807, 2.05) is 0 Å². The Hall–Kier alpha value is -2.57. The molecule has 106 valence electrons. The highest BCUT2D eigenvalue weighted by Gasteiger charge is 2.16. The van der Waals surface area contributed by atoms with Crippen molar-refractivity contribution in [3.05, 3.63) is 29.5 Å². The summed E-state index contributed by atoms with van der Waals surface area (Å²) in [5.41, 5.74) is 1.05. The van der Waals surface area contributed by atoms with Gasteiger partial charge in [0.1, 0.15) is 12.4 Å². The van der Waals surface area contributed by atoms with Gasteiger partial charge in [0.15, 0.2) is 11.5 Å². The zero-order valence-electron chi connectivity index (χ0n) is 10.9. The number of carboxylic acids is 1. The molecular formula is C13H13FN2O4. The lowest BCUT2D eigenvalue weighted by Gasteiger charge is -2.11. The highest BCUT2D eigenvalue weighted by Crippen LogP contribution is 2.35. The summed E-state index contributed by atoms with van der Waals surface area (Å²) in [5.74, 6) is -0.316. The van der Waals surface area contributed by atoms with Crippen molar-refractivity contribution in [1.82, 2.24) is 10.2 Å². The molecule has 2 aromatic rings. The van der Waals surface area contributed by atoms with Crippen LogP contribution in [-0.4, -0.2) is 35.5 Å². The summed E-state index contributed by atoms with van der Waals surface area (Å²) in [6.07, 6.45) is 0. The number of aromatic nitrogens is 2. The van der Waals surface area contributed by atoms with E-state index in [4.69, 9.17) is 14.6 Å². The van der Waals surface area contributed by atoms with Crippen LogP contribution < -0.4 is 9.47 Å². The lowest BCUT2D eigenvalue weighted by Crippen LogP contribution is -1.95. The topological polar surface area (TPSA) is 84.4 Å². The minimum absolute atomic E-state index is 0.0698. The second-order valence-corrected chi connectivity index (χ2v) is 3.97. The van der Waals surface area contributed by atoms with Crippen LogP contribution in [-0.2, 0) is 6.67 Å². The van der Waals surface area contributed by atoms with Gasteiger partial charge >= 0.3 is 5.97 Å². The van der Waals surface area contributed by atoms with Crippen molar-refractivity contribution < 1.29 is 23.8 Å². The Morgan fingerprint density at radius 2 is 1.95 bits per heavy atom. The molecule has 0 spiro atoms. The Labute approximate surface area is 114 Å². The number of nitrogens with one attached hydrogen (secondary N) is 1. The normalized spacial score (nSPS) is 10.3. The Bertz CT molecular complexity index is 639. The molecule has 20 heavy (non-hydrogen) atoms. The van der Waals surface area contributed by atoms with E-state index in [0.717, 1.165) is 0 Å². The monoisotopic (exact) mass is 280 g/mol. The molecule has 0 fully saturated rings. The minimum atomic E-state index is -1.13. The molecule has 1 aromatic heterocycles. The molecule has 0 saturated carbocycles. The fraction of sp³-hybridized carbons (Fsp3) is 0.231. The van der Waals surface area contributed by atoms with E-state index in [0.29, 0.717) is 28.3 Å². The van der Waals surface area contributed by atoms with E-state index in [2.05, 4.69) is 10.2 Å². The Kier molecular flexibility index (Phi) is 3.88. The maximum Gasteiger partial charge on any atom is 0.353 e. The van der Waals surface area contributed by atoms with E-state index in [1.165, 1.54) is 26.4 Å². The third kappa shape index (κ3) is 2.42. The van der Waals surface area contributed by atoms with Gasteiger partial charge in [-0.1, -0.05) is 0 Å². The molecule has 0 amide bonds. The van der Waals surface area contributed by atoms with Gasteiger partial charge in [0.2, 0.25) is 0 Å². The molecule has 0 bridgehead atoms. The number of H-pyrrole nitrogens is 1. The van der Waals surface area contributed by atoms with Crippen molar-refractivity contribution >= 4 is 5.97 Å². The number of aromatic carboxylic acids is 1. The van der Waals surface area contributed by atoms with Crippen LogP contribution in [0.1, 0.15) is 16.1 Å². The molecule has 0 unspecified atom stereocenters. The van der Waals surface area contributed by atoms with Crippen LogP contribution in [0, 0.1) is 0 Å². The standard InChI is InChI=1S/C13H13FN2O4/c1-19-11-3-7(6-14)8(4-12(11)20-2)9-5-10(13(17)18)16-15-9/h3-5H,6H2,1-2H3,(H,15,16)(H,17,18). The van der Waals surface area contributed by atoms with Crippen LogP contribution >= 0.6 is 0 Å². The first kappa shape index (κ1) is 13.9. The van der Waals surface area contributed by atoms with Gasteiger partial charge in [0.05, 0.1) is 19.9 Å². The predicted molar refractivity (Wildman–Crippen MR) is 68.9 cm³/mol. The summed E-state index contributed by atoms with van der Waals surface area (Å²) in [6, 6.07) is 4.40. The van der Waals surface area contributed by atoms with Crippen molar-refractivity contribution in [3.8, 4) is 22.8 Å². The van der Waals surface area contributed by atoms with Crippen LogP contribution in [0.15, 0.2) is 18.2 Å². The number of hydrogen-bond acceptors (Lipinski definition) is 4. The number of rotatable bonds is 5. The fourth-order valence-electron chi connectivity index (χ4n) is 1.84. The smallest absolute Gasteiger partial charge is 0.353 e. The van der Waals surface area contributed by atoms with Gasteiger partial charge in [-0.25, -0.2) is 9.18 Å². The third-order valence-corrected chi connectivity index (χ3v) is 2.84. The maximum absolute atomic E-state index is 13.1. The Morgan fingerprint density at radius 1 is 1.30 bits per heavy atom.